The van der Waals surface area contributed by atoms with Crippen molar-refractivity contribution in [2.45, 2.75) is 29.2 Å². The molecule has 1 atom stereocenters. The Bertz CT molecular complexity index is 1000. The largest absolute Gasteiger partial charge is 0.487 e. The monoisotopic (exact) mass is 396 g/mol. The number of rotatable bonds is 5. The van der Waals surface area contributed by atoms with Gasteiger partial charge in [0.25, 0.3) is 0 Å². The molecule has 0 radical (unpaired) electrons. The third-order valence-corrected chi connectivity index (χ3v) is 7.26. The Balaban J connectivity index is 1.74. The molecule has 0 bridgehead atoms. The quantitative estimate of drug-likeness (QED) is 0.763. The van der Waals surface area contributed by atoms with Gasteiger partial charge in [0, 0.05) is 19.0 Å². The van der Waals surface area contributed by atoms with Crippen molar-refractivity contribution in [2.24, 2.45) is 0 Å². The fraction of sp³-hybridized carbons (Fsp3) is 0.353. The lowest BCUT2D eigenvalue weighted by atomic mass is 10.3. The maximum atomic E-state index is 12.8. The van der Waals surface area contributed by atoms with E-state index in [1.807, 2.05) is 13.0 Å². The van der Waals surface area contributed by atoms with E-state index in [9.17, 15) is 16.8 Å². The lowest BCUT2D eigenvalue weighted by Crippen LogP contribution is -2.31. The van der Waals surface area contributed by atoms with Crippen LogP contribution in [0.1, 0.15) is 12.1 Å². The van der Waals surface area contributed by atoms with E-state index in [2.05, 4.69) is 4.98 Å². The van der Waals surface area contributed by atoms with Crippen molar-refractivity contribution in [3.8, 4) is 5.75 Å². The van der Waals surface area contributed by atoms with Crippen LogP contribution in [0.4, 0.5) is 0 Å². The maximum absolute atomic E-state index is 12.8. The van der Waals surface area contributed by atoms with Crippen molar-refractivity contribution in [3.05, 3.63) is 48.3 Å². The number of sulfone groups is 1. The molecule has 2 aromatic rings. The maximum Gasteiger partial charge on any atom is 0.243 e. The highest BCUT2D eigenvalue weighted by molar-refractivity contribution is 7.90. The Morgan fingerprint density at radius 1 is 1.08 bits per heavy atom. The highest BCUT2D eigenvalue weighted by atomic mass is 32.2. The number of sulfonamides is 1. The van der Waals surface area contributed by atoms with Crippen LogP contribution in [-0.4, -0.2) is 51.6 Å². The average Bonchev–Trinajstić information content (AvgIpc) is 3.06. The van der Waals surface area contributed by atoms with Gasteiger partial charge in [-0.1, -0.05) is 0 Å². The topological polar surface area (TPSA) is 93.6 Å². The molecule has 0 amide bonds. The first-order valence-corrected chi connectivity index (χ1v) is 11.4. The third kappa shape index (κ3) is 3.89. The van der Waals surface area contributed by atoms with Gasteiger partial charge >= 0.3 is 0 Å². The van der Waals surface area contributed by atoms with E-state index in [1.165, 1.54) is 28.6 Å². The van der Waals surface area contributed by atoms with Crippen molar-refractivity contribution in [2.75, 3.05) is 19.3 Å². The Morgan fingerprint density at radius 2 is 1.73 bits per heavy atom. The minimum Gasteiger partial charge on any atom is -0.487 e. The lowest BCUT2D eigenvalue weighted by molar-refractivity contribution is 0.213. The van der Waals surface area contributed by atoms with Crippen LogP contribution in [0.3, 0.4) is 0 Å². The molecule has 1 aromatic carbocycles. The Kier molecular flexibility index (Phi) is 5.05. The van der Waals surface area contributed by atoms with Gasteiger partial charge in [-0.3, -0.25) is 4.98 Å². The molecule has 1 saturated heterocycles. The number of hydrogen-bond acceptors (Lipinski definition) is 6. The van der Waals surface area contributed by atoms with Crippen molar-refractivity contribution in [1.29, 1.82) is 0 Å². The molecule has 1 fully saturated rings. The van der Waals surface area contributed by atoms with Crippen LogP contribution in [0.5, 0.6) is 5.75 Å². The number of aromatic nitrogens is 1. The molecule has 1 aliphatic heterocycles. The summed E-state index contributed by atoms with van der Waals surface area (Å²) in [5, 5.41) is 0. The van der Waals surface area contributed by atoms with E-state index in [4.69, 9.17) is 4.74 Å². The van der Waals surface area contributed by atoms with E-state index < -0.39 is 19.9 Å². The fourth-order valence-corrected chi connectivity index (χ4v) is 4.91. The van der Waals surface area contributed by atoms with E-state index in [0.717, 1.165) is 11.9 Å². The Morgan fingerprint density at radius 3 is 2.35 bits per heavy atom. The summed E-state index contributed by atoms with van der Waals surface area (Å²) in [7, 11) is -7.06. The molecular weight excluding hydrogens is 376 g/mol. The summed E-state index contributed by atoms with van der Waals surface area (Å²) in [5.41, 5.74) is 0.755. The molecule has 9 heteroatoms. The molecule has 26 heavy (non-hydrogen) atoms. The molecule has 3 rings (SSSR count). The van der Waals surface area contributed by atoms with Gasteiger partial charge in [-0.25, -0.2) is 16.8 Å². The molecule has 1 unspecified atom stereocenters. The number of ether oxygens (including phenoxy) is 1. The Labute approximate surface area is 153 Å². The summed E-state index contributed by atoms with van der Waals surface area (Å²) in [6.45, 7) is 2.42. The van der Waals surface area contributed by atoms with E-state index in [1.54, 1.807) is 12.3 Å². The van der Waals surface area contributed by atoms with Crippen molar-refractivity contribution < 1.29 is 21.6 Å². The minimum atomic E-state index is -3.69. The highest BCUT2D eigenvalue weighted by Crippen LogP contribution is 2.25. The molecule has 7 nitrogen and oxygen atoms in total. The van der Waals surface area contributed by atoms with Crippen LogP contribution in [-0.2, 0) is 19.9 Å². The SMILES string of the molecule is Cc1ncccc1OC1CCN(S(=O)(=O)c2ccc(S(C)(=O)=O)cc2)C1. The van der Waals surface area contributed by atoms with Gasteiger partial charge in [-0.05, 0) is 49.7 Å². The van der Waals surface area contributed by atoms with Crippen LogP contribution < -0.4 is 4.74 Å². The number of nitrogens with zero attached hydrogens (tertiary/aromatic N) is 2. The Hall–Kier alpha value is -1.97. The predicted octanol–water partition coefficient (Wildman–Crippen LogP) is 1.64. The van der Waals surface area contributed by atoms with E-state index in [0.29, 0.717) is 18.7 Å². The average molecular weight is 396 g/mol. The van der Waals surface area contributed by atoms with E-state index in [-0.39, 0.29) is 22.4 Å². The number of aryl methyl sites for hydroxylation is 1. The zero-order valence-electron chi connectivity index (χ0n) is 14.5. The van der Waals surface area contributed by atoms with Crippen LogP contribution in [0.25, 0.3) is 0 Å². The summed E-state index contributed by atoms with van der Waals surface area (Å²) >= 11 is 0. The fourth-order valence-electron chi connectivity index (χ4n) is 2.79. The van der Waals surface area contributed by atoms with Gasteiger partial charge in [0.2, 0.25) is 10.0 Å². The number of pyridine rings is 1. The van der Waals surface area contributed by atoms with Gasteiger partial charge in [0.1, 0.15) is 11.9 Å². The summed E-state index contributed by atoms with van der Waals surface area (Å²) in [5.74, 6) is 0.647. The summed E-state index contributed by atoms with van der Waals surface area (Å²) in [6, 6.07) is 8.85. The zero-order chi connectivity index (χ0) is 18.9. The molecule has 140 valence electrons. The van der Waals surface area contributed by atoms with Crippen LogP contribution in [0.2, 0.25) is 0 Å². The molecule has 0 N–H and O–H groups in total. The summed E-state index contributed by atoms with van der Waals surface area (Å²) in [4.78, 5) is 4.32. The van der Waals surface area contributed by atoms with Crippen LogP contribution >= 0.6 is 0 Å². The second kappa shape index (κ2) is 6.98. The minimum absolute atomic E-state index is 0.0723. The second-order valence-electron chi connectivity index (χ2n) is 6.22. The first-order valence-electron chi connectivity index (χ1n) is 8.06. The molecule has 1 aliphatic rings. The highest BCUT2D eigenvalue weighted by Gasteiger charge is 2.34. The zero-order valence-corrected chi connectivity index (χ0v) is 16.1. The van der Waals surface area contributed by atoms with Gasteiger partial charge < -0.3 is 4.74 Å². The predicted molar refractivity (Wildman–Crippen MR) is 96.3 cm³/mol. The van der Waals surface area contributed by atoms with Crippen LogP contribution in [0, 0.1) is 6.92 Å². The second-order valence-corrected chi connectivity index (χ2v) is 10.2. The lowest BCUT2D eigenvalue weighted by Gasteiger charge is -2.18. The number of hydrogen-bond donors (Lipinski definition) is 0. The smallest absolute Gasteiger partial charge is 0.243 e. The summed E-state index contributed by atoms with van der Waals surface area (Å²) in [6.07, 6.45) is 3.09. The normalized spacial score (nSPS) is 18.8. The van der Waals surface area contributed by atoms with Crippen molar-refractivity contribution in [3.63, 3.8) is 0 Å². The molecule has 2 heterocycles. The van der Waals surface area contributed by atoms with Gasteiger partial charge in [-0.2, -0.15) is 4.31 Å². The van der Waals surface area contributed by atoms with Gasteiger partial charge in [0.15, 0.2) is 9.84 Å². The first kappa shape index (κ1) is 18.8. The molecule has 0 spiro atoms. The van der Waals surface area contributed by atoms with Gasteiger partial charge in [0.05, 0.1) is 22.0 Å². The first-order chi connectivity index (χ1) is 12.2. The molecule has 0 saturated carbocycles. The molecule has 1 aromatic heterocycles. The number of benzene rings is 1. The van der Waals surface area contributed by atoms with E-state index >= 15 is 0 Å². The molecule has 0 aliphatic carbocycles. The van der Waals surface area contributed by atoms with Crippen molar-refractivity contribution in [1.82, 2.24) is 9.29 Å². The molecular formula is C17H20N2O5S2. The van der Waals surface area contributed by atoms with Gasteiger partial charge in [-0.15, -0.1) is 0 Å². The third-order valence-electron chi connectivity index (χ3n) is 4.25. The van der Waals surface area contributed by atoms with Crippen LogP contribution in [0.15, 0.2) is 52.4 Å². The van der Waals surface area contributed by atoms with Crippen molar-refractivity contribution >= 4 is 19.9 Å². The summed E-state index contributed by atoms with van der Waals surface area (Å²) < 4.78 is 55.8. The standard InChI is InChI=1S/C17H20N2O5S2/c1-13-17(4-3-10-18-13)24-14-9-11-19(12-14)26(22,23)16-7-5-15(6-8-16)25(2,20)21/h3-8,10,14H,9,11-12H2,1-2H3.